The second-order valence-electron chi connectivity index (χ2n) is 5.33. The number of carbonyl (C=O) groups excluding carboxylic acids is 1. The lowest BCUT2D eigenvalue weighted by Gasteiger charge is -2.05. The molecule has 1 aromatic carbocycles. The van der Waals surface area contributed by atoms with Crippen molar-refractivity contribution < 1.29 is 18.7 Å². The Bertz CT molecular complexity index is 875. The average Bonchev–Trinajstić information content (AvgIpc) is 3.29. The monoisotopic (exact) mass is 419 g/mol. The van der Waals surface area contributed by atoms with Crippen LogP contribution in [0.1, 0.15) is 23.2 Å². The number of ether oxygens (including phenoxy) is 2. The Morgan fingerprint density at radius 3 is 2.96 bits per heavy atom. The zero-order valence-electron chi connectivity index (χ0n) is 14.1. The number of amides is 1. The molecule has 136 valence electrons. The quantitative estimate of drug-likeness (QED) is 0.595. The van der Waals surface area contributed by atoms with E-state index in [1.165, 1.54) is 0 Å². The minimum atomic E-state index is -0.354. The largest absolute Gasteiger partial charge is 0.484 e. The first kappa shape index (κ1) is 18.2. The van der Waals surface area contributed by atoms with Gasteiger partial charge in [0.1, 0.15) is 24.8 Å². The molecule has 0 bridgehead atoms. The van der Waals surface area contributed by atoms with Gasteiger partial charge in [-0.15, -0.1) is 0 Å². The standard InChI is InChI=1S/C18H18BrN3O4/c1-2-24-12-22-10-13(9-20-22)21-18(23)17-8-7-14(26-17)11-25-16-6-4-3-5-15(16)19/h3-10H,2,11-12H2,1H3,(H,21,23). The lowest BCUT2D eigenvalue weighted by molar-refractivity contribution is 0.0792. The number of nitrogens with one attached hydrogen (secondary N) is 1. The molecule has 1 N–H and O–H groups in total. The molecular formula is C18H18BrN3O4. The summed E-state index contributed by atoms with van der Waals surface area (Å²) in [7, 11) is 0. The number of hydrogen-bond donors (Lipinski definition) is 1. The van der Waals surface area contributed by atoms with Gasteiger partial charge in [0, 0.05) is 6.61 Å². The van der Waals surface area contributed by atoms with E-state index in [1.54, 1.807) is 29.2 Å². The van der Waals surface area contributed by atoms with E-state index >= 15 is 0 Å². The molecule has 0 radical (unpaired) electrons. The molecule has 0 aliphatic heterocycles. The first-order valence-electron chi connectivity index (χ1n) is 8.03. The Balaban J connectivity index is 1.56. The summed E-state index contributed by atoms with van der Waals surface area (Å²) < 4.78 is 18.9. The lowest BCUT2D eigenvalue weighted by atomic mass is 10.3. The summed E-state index contributed by atoms with van der Waals surface area (Å²) in [5.41, 5.74) is 0.567. The van der Waals surface area contributed by atoms with Crippen LogP contribution in [0.15, 0.2) is 57.7 Å². The number of rotatable bonds is 8. The third kappa shape index (κ3) is 4.74. The number of furan rings is 1. The van der Waals surface area contributed by atoms with E-state index in [1.807, 2.05) is 31.2 Å². The van der Waals surface area contributed by atoms with Crippen LogP contribution in [0.4, 0.5) is 5.69 Å². The number of hydrogen-bond acceptors (Lipinski definition) is 5. The molecule has 3 aromatic rings. The number of anilines is 1. The van der Waals surface area contributed by atoms with Crippen molar-refractivity contribution in [1.29, 1.82) is 0 Å². The SMILES string of the molecule is CCOCn1cc(NC(=O)c2ccc(COc3ccccc3Br)o2)cn1. The molecule has 2 heterocycles. The molecular weight excluding hydrogens is 402 g/mol. The highest BCUT2D eigenvalue weighted by Gasteiger charge is 2.13. The number of carbonyl (C=O) groups is 1. The number of nitrogens with zero attached hydrogens (tertiary/aromatic N) is 2. The predicted molar refractivity (Wildman–Crippen MR) is 99.0 cm³/mol. The van der Waals surface area contributed by atoms with Crippen LogP contribution in [0.3, 0.4) is 0 Å². The minimum absolute atomic E-state index is 0.202. The highest BCUT2D eigenvalue weighted by molar-refractivity contribution is 9.10. The van der Waals surface area contributed by atoms with E-state index in [-0.39, 0.29) is 18.3 Å². The third-order valence-electron chi connectivity index (χ3n) is 3.41. The van der Waals surface area contributed by atoms with Crippen molar-refractivity contribution in [2.24, 2.45) is 0 Å². The van der Waals surface area contributed by atoms with Gasteiger partial charge in [0.25, 0.3) is 5.91 Å². The van der Waals surface area contributed by atoms with Crippen LogP contribution < -0.4 is 10.1 Å². The van der Waals surface area contributed by atoms with Crippen molar-refractivity contribution in [3.05, 3.63) is 64.8 Å². The molecule has 7 nitrogen and oxygen atoms in total. The van der Waals surface area contributed by atoms with Crippen molar-refractivity contribution in [2.75, 3.05) is 11.9 Å². The number of para-hydroxylation sites is 1. The van der Waals surface area contributed by atoms with Gasteiger partial charge < -0.3 is 19.2 Å². The van der Waals surface area contributed by atoms with Crippen molar-refractivity contribution in [1.82, 2.24) is 9.78 Å². The van der Waals surface area contributed by atoms with Crippen LogP contribution in [-0.2, 0) is 18.1 Å². The lowest BCUT2D eigenvalue weighted by Crippen LogP contribution is -2.10. The van der Waals surface area contributed by atoms with Gasteiger partial charge >= 0.3 is 0 Å². The third-order valence-corrected chi connectivity index (χ3v) is 4.07. The highest BCUT2D eigenvalue weighted by atomic mass is 79.9. The topological polar surface area (TPSA) is 78.5 Å². The van der Waals surface area contributed by atoms with Gasteiger partial charge in [0.2, 0.25) is 0 Å². The average molecular weight is 420 g/mol. The maximum atomic E-state index is 12.3. The second kappa shape index (κ2) is 8.68. The van der Waals surface area contributed by atoms with Gasteiger partial charge in [0.15, 0.2) is 5.76 Å². The zero-order valence-corrected chi connectivity index (χ0v) is 15.7. The van der Waals surface area contributed by atoms with Crippen LogP contribution in [-0.4, -0.2) is 22.3 Å². The summed E-state index contributed by atoms with van der Waals surface area (Å²) >= 11 is 3.42. The summed E-state index contributed by atoms with van der Waals surface area (Å²) in [4.78, 5) is 12.3. The molecule has 26 heavy (non-hydrogen) atoms. The van der Waals surface area contributed by atoms with Crippen LogP contribution in [0.25, 0.3) is 0 Å². The minimum Gasteiger partial charge on any atom is -0.484 e. The molecule has 0 unspecified atom stereocenters. The maximum Gasteiger partial charge on any atom is 0.291 e. The van der Waals surface area contributed by atoms with Gasteiger partial charge in [-0.2, -0.15) is 5.10 Å². The normalized spacial score (nSPS) is 10.7. The van der Waals surface area contributed by atoms with Crippen LogP contribution >= 0.6 is 15.9 Å². The molecule has 0 aliphatic carbocycles. The van der Waals surface area contributed by atoms with E-state index in [9.17, 15) is 4.79 Å². The van der Waals surface area contributed by atoms with Gasteiger partial charge in [-0.05, 0) is 47.1 Å². The fourth-order valence-electron chi connectivity index (χ4n) is 2.16. The van der Waals surface area contributed by atoms with Gasteiger partial charge in [-0.3, -0.25) is 4.79 Å². The second-order valence-corrected chi connectivity index (χ2v) is 6.18. The van der Waals surface area contributed by atoms with Crippen LogP contribution in [0.5, 0.6) is 5.75 Å². The smallest absolute Gasteiger partial charge is 0.291 e. The van der Waals surface area contributed by atoms with Gasteiger partial charge in [0.05, 0.1) is 22.6 Å². The molecule has 0 aliphatic rings. The Hall–Kier alpha value is -2.58. The summed E-state index contributed by atoms with van der Waals surface area (Å²) in [6.07, 6.45) is 3.24. The first-order chi connectivity index (χ1) is 12.7. The predicted octanol–water partition coefficient (Wildman–Crippen LogP) is 4.06. The summed E-state index contributed by atoms with van der Waals surface area (Å²) in [6, 6.07) is 10.8. The van der Waals surface area contributed by atoms with E-state index in [2.05, 4.69) is 26.3 Å². The molecule has 3 rings (SSSR count). The van der Waals surface area contributed by atoms with Crippen molar-refractivity contribution in [3.8, 4) is 5.75 Å². The fourth-order valence-corrected chi connectivity index (χ4v) is 2.56. The van der Waals surface area contributed by atoms with Gasteiger partial charge in [-0.25, -0.2) is 4.68 Å². The first-order valence-corrected chi connectivity index (χ1v) is 8.82. The summed E-state index contributed by atoms with van der Waals surface area (Å²) in [5.74, 6) is 1.11. The molecule has 2 aromatic heterocycles. The number of halogens is 1. The van der Waals surface area contributed by atoms with E-state index in [0.29, 0.717) is 30.5 Å². The maximum absolute atomic E-state index is 12.3. The zero-order chi connectivity index (χ0) is 18.4. The molecule has 0 saturated carbocycles. The Kier molecular flexibility index (Phi) is 6.08. The number of aromatic nitrogens is 2. The Morgan fingerprint density at radius 2 is 2.15 bits per heavy atom. The summed E-state index contributed by atoms with van der Waals surface area (Å²) in [6.45, 7) is 3.06. The Morgan fingerprint density at radius 1 is 1.31 bits per heavy atom. The molecule has 0 fully saturated rings. The van der Waals surface area contributed by atoms with E-state index in [0.717, 1.165) is 4.47 Å². The highest BCUT2D eigenvalue weighted by Crippen LogP contribution is 2.25. The van der Waals surface area contributed by atoms with Crippen molar-refractivity contribution in [3.63, 3.8) is 0 Å². The van der Waals surface area contributed by atoms with E-state index < -0.39 is 0 Å². The van der Waals surface area contributed by atoms with Crippen LogP contribution in [0, 0.1) is 0 Å². The molecule has 1 amide bonds. The van der Waals surface area contributed by atoms with E-state index in [4.69, 9.17) is 13.9 Å². The van der Waals surface area contributed by atoms with Crippen molar-refractivity contribution in [2.45, 2.75) is 20.3 Å². The van der Waals surface area contributed by atoms with Crippen LogP contribution in [0.2, 0.25) is 0 Å². The molecule has 0 atom stereocenters. The molecule has 0 saturated heterocycles. The fraction of sp³-hybridized carbons (Fsp3) is 0.222. The number of benzene rings is 1. The van der Waals surface area contributed by atoms with Crippen molar-refractivity contribution >= 4 is 27.5 Å². The summed E-state index contributed by atoms with van der Waals surface area (Å²) in [5, 5.41) is 6.83. The van der Waals surface area contributed by atoms with Gasteiger partial charge in [-0.1, -0.05) is 12.1 Å². The molecule has 0 spiro atoms. The Labute approximate surface area is 159 Å². The molecule has 8 heteroatoms.